The lowest BCUT2D eigenvalue weighted by Crippen LogP contribution is -2.93. The van der Waals surface area contributed by atoms with E-state index in [1.807, 2.05) is 0 Å². The van der Waals surface area contributed by atoms with Crippen molar-refractivity contribution < 1.29 is 49.4 Å². The van der Waals surface area contributed by atoms with Gasteiger partial charge in [0, 0.05) is 11.8 Å². The van der Waals surface area contributed by atoms with E-state index in [-0.39, 0.29) is 0 Å². The van der Waals surface area contributed by atoms with E-state index in [4.69, 9.17) is 10.3 Å². The second kappa shape index (κ2) is 6.42. The highest BCUT2D eigenvalue weighted by atomic mass is 16.7. The Morgan fingerprint density at radius 1 is 0.852 bits per heavy atom. The zero-order chi connectivity index (χ0) is 21.6. The summed E-state index contributed by atoms with van der Waals surface area (Å²) in [7, 11) is 0. The van der Waals surface area contributed by atoms with Crippen molar-refractivity contribution in [1.29, 1.82) is 0 Å². The molecule has 0 aliphatic carbocycles. The molecule has 1 rings (SSSR count). The maximum absolute atomic E-state index is 12.3. The SMILES string of the molecule is CC(=O)[C@]1(O)[C@](O)(C(C)=O)[C@](CO)(N=[N+]=[N-])O[C@@](O)(C(C)=O)[C@]1(O)C(C)=O. The van der Waals surface area contributed by atoms with Gasteiger partial charge in [-0.2, -0.15) is 0 Å². The van der Waals surface area contributed by atoms with E-state index in [2.05, 4.69) is 10.0 Å². The fourth-order valence-electron chi connectivity index (χ4n) is 3.38. The molecule has 0 saturated carbocycles. The van der Waals surface area contributed by atoms with Crippen LogP contribution in [0.1, 0.15) is 27.7 Å². The maximum Gasteiger partial charge on any atom is 0.267 e. The standard InChI is InChI=1S/C14H19N3O10/c1-6(19)11(23)10(5-18,16-17-15)27-14(26,9(4)22)13(25,8(3)21)12(11,24)7(2)20/h18,23-26H,5H2,1-4H3/t10-,11+,12+,13+,14+/m1/s1. The molecule has 0 unspecified atom stereocenters. The van der Waals surface area contributed by atoms with Crippen molar-refractivity contribution in [2.75, 3.05) is 6.61 Å². The van der Waals surface area contributed by atoms with Gasteiger partial charge in [-0.1, -0.05) is 5.11 Å². The van der Waals surface area contributed by atoms with Crippen molar-refractivity contribution in [3.63, 3.8) is 0 Å². The number of hydrogen-bond acceptors (Lipinski definition) is 11. The van der Waals surface area contributed by atoms with Crippen molar-refractivity contribution in [2.45, 2.75) is 56.0 Å². The Morgan fingerprint density at radius 3 is 1.52 bits per heavy atom. The van der Waals surface area contributed by atoms with Gasteiger partial charge in [-0.15, -0.1) is 0 Å². The number of ketones is 4. The number of ether oxygens (including phenoxy) is 1. The summed E-state index contributed by atoms with van der Waals surface area (Å²) >= 11 is 0. The fraction of sp³-hybridized carbons (Fsp3) is 0.714. The van der Waals surface area contributed by atoms with Crippen LogP contribution in [0.2, 0.25) is 0 Å². The molecule has 0 amide bonds. The molecule has 0 spiro atoms. The largest absolute Gasteiger partial charge is 0.393 e. The number of carbonyl (C=O) groups is 4. The number of Topliss-reactive ketones (excluding diaryl/α,β-unsaturated/α-hetero) is 4. The van der Waals surface area contributed by atoms with Gasteiger partial charge in [0.1, 0.15) is 0 Å². The molecule has 13 nitrogen and oxygen atoms in total. The monoisotopic (exact) mass is 389 g/mol. The average Bonchev–Trinajstić information content (AvgIpc) is 2.56. The van der Waals surface area contributed by atoms with Crippen molar-refractivity contribution in [2.24, 2.45) is 5.11 Å². The van der Waals surface area contributed by atoms with Crippen molar-refractivity contribution in [3.05, 3.63) is 10.4 Å². The van der Waals surface area contributed by atoms with E-state index in [0.29, 0.717) is 27.7 Å². The highest BCUT2D eigenvalue weighted by Gasteiger charge is 2.87. The number of rotatable bonds is 6. The summed E-state index contributed by atoms with van der Waals surface area (Å²) in [6.07, 6.45) is 0. The van der Waals surface area contributed by atoms with Crippen LogP contribution in [0, 0.1) is 0 Å². The van der Waals surface area contributed by atoms with E-state index in [9.17, 15) is 44.7 Å². The predicted molar refractivity (Wildman–Crippen MR) is 82.6 cm³/mol. The van der Waals surface area contributed by atoms with Gasteiger partial charge in [-0.25, -0.2) is 0 Å². The molecule has 1 saturated heterocycles. The van der Waals surface area contributed by atoms with Gasteiger partial charge in [0.15, 0.2) is 28.7 Å². The number of azide groups is 1. The van der Waals surface area contributed by atoms with Crippen LogP contribution in [-0.4, -0.2) is 83.6 Å². The van der Waals surface area contributed by atoms with Crippen LogP contribution in [0.25, 0.3) is 10.4 Å². The second-order valence-electron chi connectivity index (χ2n) is 6.23. The predicted octanol–water partition coefficient (Wildman–Crippen LogP) is -2.75. The molecule has 0 aromatic rings. The Labute approximate surface area is 151 Å². The first-order valence-electron chi connectivity index (χ1n) is 7.41. The topological polar surface area (TPSA) is 227 Å². The molecule has 0 aromatic carbocycles. The van der Waals surface area contributed by atoms with E-state index in [1.165, 1.54) is 0 Å². The van der Waals surface area contributed by atoms with Gasteiger partial charge in [-0.05, 0) is 26.3 Å². The minimum atomic E-state index is -3.97. The lowest BCUT2D eigenvalue weighted by Gasteiger charge is -2.62. The summed E-state index contributed by atoms with van der Waals surface area (Å²) in [4.78, 5) is 51.0. The Kier molecular flexibility index (Phi) is 5.42. The first kappa shape index (κ1) is 22.8. The number of carbonyl (C=O) groups excluding carboxylic acids is 4. The van der Waals surface area contributed by atoms with Crippen molar-refractivity contribution >= 4 is 23.1 Å². The zero-order valence-corrected chi connectivity index (χ0v) is 14.8. The third kappa shape index (κ3) is 2.24. The van der Waals surface area contributed by atoms with Gasteiger partial charge in [0.2, 0.25) is 16.9 Å². The van der Waals surface area contributed by atoms with Crippen molar-refractivity contribution in [1.82, 2.24) is 0 Å². The summed E-state index contributed by atoms with van der Waals surface area (Å²) in [5, 5.41) is 56.1. The van der Waals surface area contributed by atoms with Crippen LogP contribution >= 0.6 is 0 Å². The molecule has 1 heterocycles. The summed E-state index contributed by atoms with van der Waals surface area (Å²) in [6, 6.07) is 0. The highest BCUT2D eigenvalue weighted by Crippen LogP contribution is 2.55. The van der Waals surface area contributed by atoms with Crippen LogP contribution in [-0.2, 0) is 23.9 Å². The van der Waals surface area contributed by atoms with E-state index in [1.54, 1.807) is 0 Å². The normalized spacial score (nSPS) is 41.4. The molecule has 1 fully saturated rings. The molecule has 0 bridgehead atoms. The molecule has 1 aliphatic heterocycles. The molecular weight excluding hydrogens is 370 g/mol. The number of hydrogen-bond donors (Lipinski definition) is 5. The summed E-state index contributed by atoms with van der Waals surface area (Å²) in [6.45, 7) is 0.543. The molecule has 0 aromatic heterocycles. The molecule has 27 heavy (non-hydrogen) atoms. The lowest BCUT2D eigenvalue weighted by molar-refractivity contribution is -0.418. The molecule has 1 aliphatic rings. The minimum absolute atomic E-state index is 0.520. The van der Waals surface area contributed by atoms with Gasteiger partial charge in [0.05, 0.1) is 6.61 Å². The Hall–Kier alpha value is -2.25. The van der Waals surface area contributed by atoms with Gasteiger partial charge in [0.25, 0.3) is 5.79 Å². The summed E-state index contributed by atoms with van der Waals surface area (Å²) in [5.41, 5.74) is -6.26. The van der Waals surface area contributed by atoms with Crippen LogP contribution < -0.4 is 0 Å². The lowest BCUT2D eigenvalue weighted by atomic mass is 9.56. The van der Waals surface area contributed by atoms with Crippen LogP contribution in [0.4, 0.5) is 0 Å². The highest BCUT2D eigenvalue weighted by molar-refractivity contribution is 6.09. The fourth-order valence-corrected chi connectivity index (χ4v) is 3.38. The first-order chi connectivity index (χ1) is 12.1. The maximum atomic E-state index is 12.3. The Balaban J connectivity index is 4.35. The van der Waals surface area contributed by atoms with Crippen LogP contribution in [0.3, 0.4) is 0 Å². The molecular formula is C14H19N3O10. The minimum Gasteiger partial charge on any atom is -0.393 e. The number of aliphatic hydroxyl groups excluding tert-OH is 1. The molecule has 5 atom stereocenters. The van der Waals surface area contributed by atoms with E-state index >= 15 is 0 Å². The smallest absolute Gasteiger partial charge is 0.267 e. The Morgan fingerprint density at radius 2 is 1.26 bits per heavy atom. The zero-order valence-electron chi connectivity index (χ0n) is 14.8. The molecule has 5 N–H and O–H groups in total. The van der Waals surface area contributed by atoms with E-state index in [0.717, 1.165) is 0 Å². The van der Waals surface area contributed by atoms with E-state index < -0.39 is 58.1 Å². The molecule has 13 heteroatoms. The van der Waals surface area contributed by atoms with Gasteiger partial charge >= 0.3 is 0 Å². The Bertz CT molecular complexity index is 779. The second-order valence-corrected chi connectivity index (χ2v) is 6.23. The van der Waals surface area contributed by atoms with Crippen molar-refractivity contribution in [3.8, 4) is 0 Å². The number of nitrogens with zero attached hydrogens (tertiary/aromatic N) is 3. The van der Waals surface area contributed by atoms with Crippen LogP contribution in [0.5, 0.6) is 0 Å². The van der Waals surface area contributed by atoms with Crippen LogP contribution in [0.15, 0.2) is 5.11 Å². The molecule has 150 valence electrons. The summed E-state index contributed by atoms with van der Waals surface area (Å²) in [5.74, 6) is -10.3. The average molecular weight is 389 g/mol. The van der Waals surface area contributed by atoms with Gasteiger partial charge in [-0.3, -0.25) is 19.2 Å². The first-order valence-corrected chi connectivity index (χ1v) is 7.41. The van der Waals surface area contributed by atoms with Gasteiger partial charge < -0.3 is 30.3 Å². The number of aliphatic hydroxyl groups is 5. The third-order valence-corrected chi connectivity index (χ3v) is 4.85. The summed E-state index contributed by atoms with van der Waals surface area (Å²) < 4.78 is 4.79. The quantitative estimate of drug-likeness (QED) is 0.179. The third-order valence-electron chi connectivity index (χ3n) is 4.85. The molecule has 0 radical (unpaired) electrons.